The average Bonchev–Trinajstić information content (AvgIpc) is 2.80. The molecule has 33 heavy (non-hydrogen) atoms. The molecule has 0 amide bonds. The van der Waals surface area contributed by atoms with E-state index in [0.717, 1.165) is 42.0 Å². The molecule has 0 bridgehead atoms. The summed E-state index contributed by atoms with van der Waals surface area (Å²) in [5.74, 6) is 1.83. The molecule has 0 fully saturated rings. The predicted octanol–water partition coefficient (Wildman–Crippen LogP) is 11.0. The minimum Gasteiger partial charge on any atom is -0.493 e. The number of rotatable bonds is 24. The first-order valence-electron chi connectivity index (χ1n) is 14.3. The van der Waals surface area contributed by atoms with Crippen molar-refractivity contribution in [3.8, 4) is 11.5 Å². The zero-order valence-electron chi connectivity index (χ0n) is 22.0. The number of halogens is 1. The summed E-state index contributed by atoms with van der Waals surface area (Å²) in [6, 6.07) is 6.13. The third kappa shape index (κ3) is 19.3. The first-order valence-corrected chi connectivity index (χ1v) is 15.1. The van der Waals surface area contributed by atoms with Gasteiger partial charge in [0.05, 0.1) is 13.2 Å². The zero-order chi connectivity index (χ0) is 23.8. The molecule has 3 heteroatoms. The summed E-state index contributed by atoms with van der Waals surface area (Å²) in [6.07, 6.45) is 27.0. The SMILES string of the molecule is CCCCCCCCCCCCOc1cc(Br)cc(OCCCCCCCCCCCC)c1. The molecule has 0 radical (unpaired) electrons. The molecule has 1 aromatic rings. The van der Waals surface area contributed by atoms with Crippen molar-refractivity contribution in [3.05, 3.63) is 22.7 Å². The average molecular weight is 526 g/mol. The summed E-state index contributed by atoms with van der Waals surface area (Å²) >= 11 is 3.60. The smallest absolute Gasteiger partial charge is 0.124 e. The van der Waals surface area contributed by atoms with Crippen LogP contribution in [0.25, 0.3) is 0 Å². The Hall–Kier alpha value is -0.700. The first kappa shape index (κ1) is 30.3. The fourth-order valence-electron chi connectivity index (χ4n) is 4.26. The van der Waals surface area contributed by atoms with E-state index in [1.54, 1.807) is 0 Å². The van der Waals surface area contributed by atoms with E-state index in [1.807, 2.05) is 18.2 Å². The Morgan fingerprint density at radius 1 is 0.455 bits per heavy atom. The van der Waals surface area contributed by atoms with Crippen molar-refractivity contribution in [2.24, 2.45) is 0 Å². The Bertz CT molecular complexity index is 502. The van der Waals surface area contributed by atoms with Crippen molar-refractivity contribution in [3.63, 3.8) is 0 Å². The van der Waals surface area contributed by atoms with Crippen molar-refractivity contribution < 1.29 is 9.47 Å². The van der Waals surface area contributed by atoms with Gasteiger partial charge in [0.25, 0.3) is 0 Å². The van der Waals surface area contributed by atoms with Gasteiger partial charge in [0.1, 0.15) is 11.5 Å². The van der Waals surface area contributed by atoms with Crippen LogP contribution in [0.1, 0.15) is 142 Å². The maximum absolute atomic E-state index is 6.00. The number of unbranched alkanes of at least 4 members (excludes halogenated alkanes) is 18. The maximum Gasteiger partial charge on any atom is 0.124 e. The molecular weight excluding hydrogens is 472 g/mol. The van der Waals surface area contributed by atoms with Crippen LogP contribution in [0.3, 0.4) is 0 Å². The summed E-state index contributed by atoms with van der Waals surface area (Å²) < 4.78 is 13.0. The van der Waals surface area contributed by atoms with Gasteiger partial charge in [0, 0.05) is 10.5 Å². The molecule has 0 aliphatic rings. The van der Waals surface area contributed by atoms with Crippen molar-refractivity contribution in [2.75, 3.05) is 13.2 Å². The number of hydrogen-bond acceptors (Lipinski definition) is 2. The van der Waals surface area contributed by atoms with E-state index in [9.17, 15) is 0 Å². The Balaban J connectivity index is 2.02. The lowest BCUT2D eigenvalue weighted by Crippen LogP contribution is -2.00. The Kier molecular flexibility index (Phi) is 21.2. The van der Waals surface area contributed by atoms with Crippen LogP contribution in [0, 0.1) is 0 Å². The van der Waals surface area contributed by atoms with Gasteiger partial charge in [-0.05, 0) is 25.0 Å². The molecule has 1 aromatic carbocycles. The number of benzene rings is 1. The van der Waals surface area contributed by atoms with Crippen molar-refractivity contribution >= 4 is 15.9 Å². The van der Waals surface area contributed by atoms with E-state index in [1.165, 1.54) is 116 Å². The lowest BCUT2D eigenvalue weighted by molar-refractivity contribution is 0.289. The molecule has 0 aliphatic heterocycles. The summed E-state index contributed by atoms with van der Waals surface area (Å²) in [5.41, 5.74) is 0. The minimum absolute atomic E-state index is 0.796. The zero-order valence-corrected chi connectivity index (χ0v) is 23.6. The largest absolute Gasteiger partial charge is 0.493 e. The highest BCUT2D eigenvalue weighted by atomic mass is 79.9. The van der Waals surface area contributed by atoms with Crippen LogP contribution < -0.4 is 9.47 Å². The molecule has 192 valence electrons. The molecule has 0 N–H and O–H groups in total. The van der Waals surface area contributed by atoms with Crippen LogP contribution in [0.4, 0.5) is 0 Å². The van der Waals surface area contributed by atoms with Crippen LogP contribution in [0.2, 0.25) is 0 Å². The maximum atomic E-state index is 6.00. The van der Waals surface area contributed by atoms with Crippen LogP contribution in [-0.2, 0) is 0 Å². The van der Waals surface area contributed by atoms with Crippen molar-refractivity contribution in [1.82, 2.24) is 0 Å². The number of hydrogen-bond donors (Lipinski definition) is 0. The van der Waals surface area contributed by atoms with E-state index < -0.39 is 0 Å². The van der Waals surface area contributed by atoms with Gasteiger partial charge in [-0.2, -0.15) is 0 Å². The van der Waals surface area contributed by atoms with Gasteiger partial charge in [0.2, 0.25) is 0 Å². The summed E-state index contributed by atoms with van der Waals surface area (Å²) in [5, 5.41) is 0. The monoisotopic (exact) mass is 524 g/mol. The highest BCUT2D eigenvalue weighted by Crippen LogP contribution is 2.27. The van der Waals surface area contributed by atoms with Gasteiger partial charge >= 0.3 is 0 Å². The first-order chi connectivity index (χ1) is 16.3. The molecule has 0 aromatic heterocycles. The second-order valence-electron chi connectivity index (χ2n) is 9.68. The van der Waals surface area contributed by atoms with Gasteiger partial charge in [-0.3, -0.25) is 0 Å². The predicted molar refractivity (Wildman–Crippen MR) is 149 cm³/mol. The standard InChI is InChI=1S/C30H53BrO2/c1-3-5-7-9-11-13-15-17-19-21-23-32-29-25-28(31)26-30(27-29)33-24-22-20-18-16-14-12-10-8-6-4-2/h25-27H,3-24H2,1-2H3. The van der Waals surface area contributed by atoms with E-state index >= 15 is 0 Å². The molecule has 0 unspecified atom stereocenters. The summed E-state index contributed by atoms with van der Waals surface area (Å²) in [7, 11) is 0. The van der Waals surface area contributed by atoms with Gasteiger partial charge in [-0.15, -0.1) is 0 Å². The van der Waals surface area contributed by atoms with Gasteiger partial charge in [-0.1, -0.05) is 145 Å². The molecule has 0 saturated carbocycles. The Morgan fingerprint density at radius 2 is 0.758 bits per heavy atom. The highest BCUT2D eigenvalue weighted by molar-refractivity contribution is 9.10. The second-order valence-corrected chi connectivity index (χ2v) is 10.6. The summed E-state index contributed by atoms with van der Waals surface area (Å²) in [6.45, 7) is 6.16. The normalized spacial score (nSPS) is 11.1. The van der Waals surface area contributed by atoms with Crippen LogP contribution in [0.5, 0.6) is 11.5 Å². The van der Waals surface area contributed by atoms with Gasteiger partial charge in [0.15, 0.2) is 0 Å². The molecule has 0 heterocycles. The molecular formula is C30H53BrO2. The topological polar surface area (TPSA) is 18.5 Å². The second kappa shape index (κ2) is 23.1. The minimum atomic E-state index is 0.796. The lowest BCUT2D eigenvalue weighted by atomic mass is 10.1. The third-order valence-electron chi connectivity index (χ3n) is 6.38. The van der Waals surface area contributed by atoms with E-state index in [-0.39, 0.29) is 0 Å². The quantitative estimate of drug-likeness (QED) is 0.125. The lowest BCUT2D eigenvalue weighted by Gasteiger charge is -2.11. The molecule has 0 spiro atoms. The fraction of sp³-hybridized carbons (Fsp3) is 0.800. The third-order valence-corrected chi connectivity index (χ3v) is 6.84. The molecule has 0 atom stereocenters. The summed E-state index contributed by atoms with van der Waals surface area (Å²) in [4.78, 5) is 0. The molecule has 0 saturated heterocycles. The van der Waals surface area contributed by atoms with Crippen molar-refractivity contribution in [2.45, 2.75) is 142 Å². The van der Waals surface area contributed by atoms with E-state index in [2.05, 4.69) is 29.8 Å². The van der Waals surface area contributed by atoms with Crippen LogP contribution in [-0.4, -0.2) is 13.2 Å². The fourth-order valence-corrected chi connectivity index (χ4v) is 4.71. The Morgan fingerprint density at radius 3 is 1.09 bits per heavy atom. The van der Waals surface area contributed by atoms with Crippen molar-refractivity contribution in [1.29, 1.82) is 0 Å². The van der Waals surface area contributed by atoms with Crippen LogP contribution in [0.15, 0.2) is 22.7 Å². The molecule has 2 nitrogen and oxygen atoms in total. The molecule has 0 aliphatic carbocycles. The van der Waals surface area contributed by atoms with Crippen LogP contribution >= 0.6 is 15.9 Å². The highest BCUT2D eigenvalue weighted by Gasteiger charge is 2.03. The Labute approximate surface area is 214 Å². The van der Waals surface area contributed by atoms with Gasteiger partial charge < -0.3 is 9.47 Å². The van der Waals surface area contributed by atoms with Gasteiger partial charge in [-0.25, -0.2) is 0 Å². The molecule has 1 rings (SSSR count). The van der Waals surface area contributed by atoms with E-state index in [4.69, 9.17) is 9.47 Å². The number of ether oxygens (including phenoxy) is 2. The van der Waals surface area contributed by atoms with E-state index in [0.29, 0.717) is 0 Å².